The number of carboxylic acids is 1. The third kappa shape index (κ3) is 4.51. The van der Waals surface area contributed by atoms with Crippen LogP contribution in [0.1, 0.15) is 30.7 Å². The number of aliphatic carboxylic acids is 1. The Morgan fingerprint density at radius 2 is 1.96 bits per heavy atom. The minimum Gasteiger partial charge on any atom is -0.481 e. The number of carboxylic acid groups (broad SMARTS) is 1. The van der Waals surface area contributed by atoms with Crippen molar-refractivity contribution in [3.8, 4) is 0 Å². The number of carbonyl (C=O) groups is 1. The first kappa shape index (κ1) is 19.0. The Labute approximate surface area is 156 Å². The van der Waals surface area contributed by atoms with Gasteiger partial charge in [0.25, 0.3) is 0 Å². The van der Waals surface area contributed by atoms with Crippen molar-refractivity contribution in [1.82, 2.24) is 19.8 Å². The Balaban J connectivity index is 1.74. The molecule has 0 amide bonds. The molecule has 7 heteroatoms. The van der Waals surface area contributed by atoms with Gasteiger partial charge in [-0.05, 0) is 39.7 Å². The van der Waals surface area contributed by atoms with Gasteiger partial charge in [-0.1, -0.05) is 0 Å². The van der Waals surface area contributed by atoms with E-state index < -0.39 is 5.97 Å². The van der Waals surface area contributed by atoms with Gasteiger partial charge in [0.15, 0.2) is 0 Å². The Hall–Kier alpha value is -1.73. The smallest absolute Gasteiger partial charge is 0.303 e. The van der Waals surface area contributed by atoms with Gasteiger partial charge in [-0.15, -0.1) is 0 Å². The SMILES string of the molecule is Cc1cnc(C)c(N2CC[C@@H](N3CCN(C)CC3)[C@@H](CCC(=O)O)C2)n1. The lowest BCUT2D eigenvalue weighted by molar-refractivity contribution is -0.137. The Bertz CT molecular complexity index is 630. The van der Waals surface area contributed by atoms with Crippen LogP contribution in [0.3, 0.4) is 0 Å². The molecule has 0 radical (unpaired) electrons. The second-order valence-corrected chi connectivity index (χ2v) is 7.75. The number of rotatable bonds is 5. The van der Waals surface area contributed by atoms with E-state index in [1.54, 1.807) is 6.20 Å². The van der Waals surface area contributed by atoms with Crippen LogP contribution in [0.5, 0.6) is 0 Å². The molecule has 3 rings (SSSR count). The molecule has 0 aliphatic carbocycles. The van der Waals surface area contributed by atoms with Crippen molar-refractivity contribution in [2.24, 2.45) is 5.92 Å². The lowest BCUT2D eigenvalue weighted by Gasteiger charge is -2.46. The number of piperazine rings is 1. The van der Waals surface area contributed by atoms with E-state index >= 15 is 0 Å². The summed E-state index contributed by atoms with van der Waals surface area (Å²) in [6.45, 7) is 10.1. The molecule has 0 aromatic carbocycles. The lowest BCUT2D eigenvalue weighted by Crippen LogP contribution is -2.56. The lowest BCUT2D eigenvalue weighted by atomic mass is 9.86. The van der Waals surface area contributed by atoms with Crippen LogP contribution >= 0.6 is 0 Å². The molecule has 7 nitrogen and oxygen atoms in total. The highest BCUT2D eigenvalue weighted by Gasteiger charge is 2.35. The maximum Gasteiger partial charge on any atom is 0.303 e. The van der Waals surface area contributed by atoms with Crippen LogP contribution in [0.25, 0.3) is 0 Å². The Morgan fingerprint density at radius 1 is 1.23 bits per heavy atom. The van der Waals surface area contributed by atoms with Crippen molar-refractivity contribution in [2.45, 2.75) is 39.2 Å². The number of aryl methyl sites for hydroxylation is 2. The molecule has 0 unspecified atom stereocenters. The van der Waals surface area contributed by atoms with E-state index in [2.05, 4.69) is 26.7 Å². The first-order chi connectivity index (χ1) is 12.4. The van der Waals surface area contributed by atoms with Crippen LogP contribution in [0.2, 0.25) is 0 Å². The molecule has 0 bridgehead atoms. The van der Waals surface area contributed by atoms with Gasteiger partial charge in [-0.3, -0.25) is 14.7 Å². The molecule has 1 N–H and O–H groups in total. The molecular formula is C19H31N5O2. The summed E-state index contributed by atoms with van der Waals surface area (Å²) >= 11 is 0. The zero-order valence-electron chi connectivity index (χ0n) is 16.2. The second-order valence-electron chi connectivity index (χ2n) is 7.75. The number of nitrogens with zero attached hydrogens (tertiary/aromatic N) is 5. The Morgan fingerprint density at radius 3 is 2.65 bits per heavy atom. The highest BCUT2D eigenvalue weighted by atomic mass is 16.4. The topological polar surface area (TPSA) is 72.8 Å². The highest BCUT2D eigenvalue weighted by molar-refractivity contribution is 5.66. The van der Waals surface area contributed by atoms with Crippen LogP contribution in [0.4, 0.5) is 5.82 Å². The summed E-state index contributed by atoms with van der Waals surface area (Å²) in [5.41, 5.74) is 1.87. The number of likely N-dealkylation sites (N-methyl/N-ethyl adjacent to an activating group) is 1. The van der Waals surface area contributed by atoms with Crippen molar-refractivity contribution in [3.05, 3.63) is 17.6 Å². The molecule has 1 aromatic heterocycles. The molecule has 3 heterocycles. The molecule has 144 valence electrons. The standard InChI is InChI=1S/C19H31N5O2/c1-14-12-20-15(2)19(21-14)24-7-6-17(16(13-24)4-5-18(25)26)23-10-8-22(3)9-11-23/h12,16-17H,4-11,13H2,1-3H3,(H,25,26)/t16-,17+/m0/s1. The molecular weight excluding hydrogens is 330 g/mol. The summed E-state index contributed by atoms with van der Waals surface area (Å²) in [5.74, 6) is 0.609. The summed E-state index contributed by atoms with van der Waals surface area (Å²) in [6.07, 6.45) is 3.82. The van der Waals surface area contributed by atoms with Gasteiger partial charge in [0, 0.05) is 57.9 Å². The van der Waals surface area contributed by atoms with Gasteiger partial charge in [0.05, 0.1) is 11.4 Å². The molecule has 2 atom stereocenters. The van der Waals surface area contributed by atoms with E-state index in [-0.39, 0.29) is 6.42 Å². The molecule has 1 aromatic rings. The number of hydrogen-bond donors (Lipinski definition) is 1. The summed E-state index contributed by atoms with van der Waals surface area (Å²) in [6, 6.07) is 0.470. The van der Waals surface area contributed by atoms with E-state index in [0.717, 1.165) is 69.3 Å². The number of hydrogen-bond acceptors (Lipinski definition) is 6. The number of anilines is 1. The van der Waals surface area contributed by atoms with Gasteiger partial charge >= 0.3 is 5.97 Å². The van der Waals surface area contributed by atoms with Crippen LogP contribution in [0, 0.1) is 19.8 Å². The summed E-state index contributed by atoms with van der Waals surface area (Å²) in [7, 11) is 2.17. The average Bonchev–Trinajstić information content (AvgIpc) is 2.62. The summed E-state index contributed by atoms with van der Waals surface area (Å²) in [5, 5.41) is 9.18. The largest absolute Gasteiger partial charge is 0.481 e. The number of piperidine rings is 1. The van der Waals surface area contributed by atoms with Gasteiger partial charge in [-0.2, -0.15) is 0 Å². The zero-order valence-corrected chi connectivity index (χ0v) is 16.2. The van der Waals surface area contributed by atoms with Crippen molar-refractivity contribution < 1.29 is 9.90 Å². The molecule has 26 heavy (non-hydrogen) atoms. The molecule has 2 fully saturated rings. The zero-order chi connectivity index (χ0) is 18.7. The molecule has 2 aliphatic rings. The fourth-order valence-electron chi connectivity index (χ4n) is 4.26. The first-order valence-electron chi connectivity index (χ1n) is 9.63. The van der Waals surface area contributed by atoms with Gasteiger partial charge in [0.2, 0.25) is 0 Å². The van der Waals surface area contributed by atoms with Crippen LogP contribution in [-0.4, -0.2) is 83.2 Å². The fourth-order valence-corrected chi connectivity index (χ4v) is 4.26. The minimum atomic E-state index is -0.703. The summed E-state index contributed by atoms with van der Waals surface area (Å²) in [4.78, 5) is 27.6. The van der Waals surface area contributed by atoms with E-state index in [1.165, 1.54) is 0 Å². The van der Waals surface area contributed by atoms with E-state index in [1.807, 2.05) is 13.8 Å². The Kier molecular flexibility index (Phi) is 6.09. The number of aromatic nitrogens is 2. The van der Waals surface area contributed by atoms with Crippen LogP contribution < -0.4 is 4.90 Å². The van der Waals surface area contributed by atoms with Crippen LogP contribution in [-0.2, 0) is 4.79 Å². The normalized spacial score (nSPS) is 25.4. The van der Waals surface area contributed by atoms with E-state index in [9.17, 15) is 9.90 Å². The van der Waals surface area contributed by atoms with Crippen molar-refractivity contribution in [3.63, 3.8) is 0 Å². The van der Waals surface area contributed by atoms with Crippen molar-refractivity contribution >= 4 is 11.8 Å². The fraction of sp³-hybridized carbons (Fsp3) is 0.737. The van der Waals surface area contributed by atoms with Crippen LogP contribution in [0.15, 0.2) is 6.20 Å². The van der Waals surface area contributed by atoms with Gasteiger partial charge in [-0.25, -0.2) is 4.98 Å². The van der Waals surface area contributed by atoms with Crippen molar-refractivity contribution in [2.75, 3.05) is 51.2 Å². The predicted octanol–water partition coefficient (Wildman–Crippen LogP) is 1.40. The molecule has 0 saturated carbocycles. The third-order valence-electron chi connectivity index (χ3n) is 5.78. The first-order valence-corrected chi connectivity index (χ1v) is 9.63. The summed E-state index contributed by atoms with van der Waals surface area (Å²) < 4.78 is 0. The molecule has 2 aliphatic heterocycles. The monoisotopic (exact) mass is 361 g/mol. The quantitative estimate of drug-likeness (QED) is 0.850. The second kappa shape index (κ2) is 8.31. The predicted molar refractivity (Wildman–Crippen MR) is 102 cm³/mol. The van der Waals surface area contributed by atoms with E-state index in [0.29, 0.717) is 12.0 Å². The van der Waals surface area contributed by atoms with Gasteiger partial charge < -0.3 is 14.9 Å². The van der Waals surface area contributed by atoms with Gasteiger partial charge in [0.1, 0.15) is 5.82 Å². The maximum atomic E-state index is 11.2. The maximum absolute atomic E-state index is 11.2. The highest BCUT2D eigenvalue weighted by Crippen LogP contribution is 2.30. The van der Waals surface area contributed by atoms with E-state index in [4.69, 9.17) is 4.98 Å². The third-order valence-corrected chi connectivity index (χ3v) is 5.78. The molecule has 2 saturated heterocycles. The minimum absolute atomic E-state index is 0.237. The molecule has 0 spiro atoms. The van der Waals surface area contributed by atoms with Crippen molar-refractivity contribution in [1.29, 1.82) is 0 Å². The average molecular weight is 361 g/mol.